The number of aromatic nitrogens is 1. The highest BCUT2D eigenvalue weighted by Crippen LogP contribution is 2.18. The summed E-state index contributed by atoms with van der Waals surface area (Å²) in [6.45, 7) is 1.90. The van der Waals surface area contributed by atoms with Crippen molar-refractivity contribution >= 4 is 31.7 Å². The molecule has 3 rings (SSSR count). The van der Waals surface area contributed by atoms with Crippen LogP contribution in [-0.4, -0.2) is 19.1 Å². The van der Waals surface area contributed by atoms with Gasteiger partial charge in [0.1, 0.15) is 10.3 Å². The molecule has 2 aromatic carbocycles. The first kappa shape index (κ1) is 17.5. The molecule has 0 aliphatic heterocycles. The molecular weight excluding hydrogens is 400 g/mol. The van der Waals surface area contributed by atoms with Gasteiger partial charge in [0.15, 0.2) is 0 Å². The van der Waals surface area contributed by atoms with Crippen molar-refractivity contribution in [2.75, 3.05) is 0 Å². The zero-order valence-electron chi connectivity index (χ0n) is 13.4. The van der Waals surface area contributed by atoms with E-state index in [9.17, 15) is 8.42 Å². The first-order chi connectivity index (χ1) is 12.0. The maximum atomic E-state index is 12.8. The summed E-state index contributed by atoms with van der Waals surface area (Å²) >= 11 is 3.32. The van der Waals surface area contributed by atoms with E-state index in [2.05, 4.69) is 25.3 Å². The monoisotopic (exact) mass is 414 g/mol. The lowest BCUT2D eigenvalue weighted by molar-refractivity contribution is 0.598. The van der Waals surface area contributed by atoms with Gasteiger partial charge in [0.05, 0.1) is 10.6 Å². The number of rotatable bonds is 4. The minimum atomic E-state index is -3.85. The third-order valence-electron chi connectivity index (χ3n) is 3.54. The molecule has 0 saturated carbocycles. The maximum absolute atomic E-state index is 12.8. The lowest BCUT2D eigenvalue weighted by atomic mass is 10.1. The molecule has 126 valence electrons. The van der Waals surface area contributed by atoms with Crippen LogP contribution in [-0.2, 0) is 10.0 Å². The molecule has 1 aromatic heterocycles. The van der Waals surface area contributed by atoms with Crippen molar-refractivity contribution in [1.29, 1.82) is 0 Å². The fraction of sp³-hybridized carbons (Fsp3) is 0.0526. The predicted molar refractivity (Wildman–Crippen MR) is 102 cm³/mol. The fourth-order valence-electron chi connectivity index (χ4n) is 2.27. The van der Waals surface area contributed by atoms with Gasteiger partial charge < -0.3 is 0 Å². The van der Waals surface area contributed by atoms with Gasteiger partial charge in [-0.05, 0) is 47.1 Å². The van der Waals surface area contributed by atoms with Gasteiger partial charge in [0.2, 0.25) is 0 Å². The minimum Gasteiger partial charge on any atom is -0.239 e. The van der Waals surface area contributed by atoms with Crippen LogP contribution in [0.25, 0.3) is 0 Å². The van der Waals surface area contributed by atoms with Crippen molar-refractivity contribution in [1.82, 2.24) is 4.98 Å². The minimum absolute atomic E-state index is 0.154. The SMILES string of the molecule is Cc1ccc(S(=O)(=O)/N=C(/c2ccccc2)c2cccc(Br)n2)cc1. The molecule has 0 atom stereocenters. The Morgan fingerprint density at radius 1 is 0.920 bits per heavy atom. The number of hydrogen-bond donors (Lipinski definition) is 0. The largest absolute Gasteiger partial charge is 0.282 e. The second kappa shape index (κ2) is 7.29. The standard InChI is InChI=1S/C19H15BrN2O2S/c1-14-10-12-16(13-11-14)25(23,24)22-19(15-6-3-2-4-7-15)17-8-5-9-18(20)21-17/h2-13H,1H3/b22-19-. The van der Waals surface area contributed by atoms with Gasteiger partial charge in [0.25, 0.3) is 10.0 Å². The van der Waals surface area contributed by atoms with Crippen LogP contribution in [0, 0.1) is 6.92 Å². The average molecular weight is 415 g/mol. The summed E-state index contributed by atoms with van der Waals surface area (Å²) in [4.78, 5) is 4.52. The number of halogens is 1. The van der Waals surface area contributed by atoms with Crippen LogP contribution in [0.3, 0.4) is 0 Å². The Balaban J connectivity index is 2.17. The van der Waals surface area contributed by atoms with E-state index >= 15 is 0 Å². The molecule has 6 heteroatoms. The van der Waals surface area contributed by atoms with Gasteiger partial charge >= 0.3 is 0 Å². The molecule has 1 heterocycles. The molecule has 0 aliphatic carbocycles. The van der Waals surface area contributed by atoms with Crippen LogP contribution in [0.1, 0.15) is 16.8 Å². The van der Waals surface area contributed by atoms with Gasteiger partial charge in [0, 0.05) is 5.56 Å². The van der Waals surface area contributed by atoms with E-state index < -0.39 is 10.0 Å². The zero-order chi connectivity index (χ0) is 17.9. The topological polar surface area (TPSA) is 59.4 Å². The Morgan fingerprint density at radius 3 is 2.24 bits per heavy atom. The average Bonchev–Trinajstić information content (AvgIpc) is 2.61. The molecule has 0 N–H and O–H groups in total. The Morgan fingerprint density at radius 2 is 1.60 bits per heavy atom. The zero-order valence-corrected chi connectivity index (χ0v) is 15.8. The van der Waals surface area contributed by atoms with Crippen LogP contribution in [0.15, 0.2) is 86.7 Å². The normalized spacial score (nSPS) is 12.2. The molecule has 0 saturated heterocycles. The van der Waals surface area contributed by atoms with E-state index in [0.717, 1.165) is 5.56 Å². The Labute approximate surface area is 155 Å². The summed E-state index contributed by atoms with van der Waals surface area (Å²) in [6.07, 6.45) is 0. The Bertz CT molecular complexity index is 1010. The highest BCUT2D eigenvalue weighted by Gasteiger charge is 2.17. The molecule has 0 spiro atoms. The van der Waals surface area contributed by atoms with Gasteiger partial charge in [-0.15, -0.1) is 0 Å². The summed E-state index contributed by atoms with van der Waals surface area (Å²) < 4.78 is 30.2. The van der Waals surface area contributed by atoms with Crippen LogP contribution < -0.4 is 0 Å². The van der Waals surface area contributed by atoms with E-state index in [4.69, 9.17) is 0 Å². The third kappa shape index (κ3) is 4.21. The number of benzene rings is 2. The van der Waals surface area contributed by atoms with Crippen molar-refractivity contribution in [3.05, 3.63) is 94.2 Å². The molecule has 0 aliphatic rings. The summed E-state index contributed by atoms with van der Waals surface area (Å²) in [7, 11) is -3.85. The van der Waals surface area contributed by atoms with Crippen LogP contribution in [0.4, 0.5) is 0 Å². The highest BCUT2D eigenvalue weighted by atomic mass is 79.9. The van der Waals surface area contributed by atoms with E-state index in [1.165, 1.54) is 0 Å². The van der Waals surface area contributed by atoms with E-state index in [1.54, 1.807) is 42.5 Å². The lowest BCUT2D eigenvalue weighted by Gasteiger charge is -2.08. The van der Waals surface area contributed by atoms with E-state index in [1.807, 2.05) is 37.3 Å². The van der Waals surface area contributed by atoms with Gasteiger partial charge in [-0.1, -0.05) is 54.1 Å². The van der Waals surface area contributed by atoms with Gasteiger partial charge in [-0.2, -0.15) is 12.8 Å². The molecule has 0 unspecified atom stereocenters. The second-order valence-electron chi connectivity index (χ2n) is 5.44. The fourth-order valence-corrected chi connectivity index (χ4v) is 3.64. The molecule has 0 amide bonds. The quantitative estimate of drug-likeness (QED) is 0.470. The molecule has 25 heavy (non-hydrogen) atoms. The smallest absolute Gasteiger partial charge is 0.239 e. The molecule has 3 aromatic rings. The van der Waals surface area contributed by atoms with E-state index in [0.29, 0.717) is 21.6 Å². The molecule has 0 fully saturated rings. The number of aryl methyl sites for hydroxylation is 1. The first-order valence-corrected chi connectivity index (χ1v) is 9.79. The number of nitrogens with zero attached hydrogens (tertiary/aromatic N) is 2. The molecule has 4 nitrogen and oxygen atoms in total. The second-order valence-corrected chi connectivity index (χ2v) is 7.86. The summed E-state index contributed by atoms with van der Waals surface area (Å²) in [5.74, 6) is 0. The Kier molecular flexibility index (Phi) is 5.11. The molecular formula is C19H15BrN2O2S. The van der Waals surface area contributed by atoms with Gasteiger partial charge in [-0.25, -0.2) is 4.98 Å². The summed E-state index contributed by atoms with van der Waals surface area (Å²) in [5, 5.41) is 0. The van der Waals surface area contributed by atoms with Crippen LogP contribution >= 0.6 is 15.9 Å². The summed E-state index contributed by atoms with van der Waals surface area (Å²) in [5.41, 5.74) is 2.46. The number of hydrogen-bond acceptors (Lipinski definition) is 3. The van der Waals surface area contributed by atoms with Crippen molar-refractivity contribution in [2.45, 2.75) is 11.8 Å². The molecule has 0 bridgehead atoms. The van der Waals surface area contributed by atoms with Crippen molar-refractivity contribution in [3.63, 3.8) is 0 Å². The van der Waals surface area contributed by atoms with Crippen LogP contribution in [0.5, 0.6) is 0 Å². The Hall–Kier alpha value is -2.31. The third-order valence-corrected chi connectivity index (χ3v) is 5.27. The maximum Gasteiger partial charge on any atom is 0.282 e. The lowest BCUT2D eigenvalue weighted by Crippen LogP contribution is -2.10. The predicted octanol–water partition coefficient (Wildman–Crippen LogP) is 4.38. The summed E-state index contributed by atoms with van der Waals surface area (Å²) in [6, 6.07) is 21.1. The van der Waals surface area contributed by atoms with Crippen LogP contribution in [0.2, 0.25) is 0 Å². The van der Waals surface area contributed by atoms with Crippen molar-refractivity contribution in [3.8, 4) is 0 Å². The van der Waals surface area contributed by atoms with E-state index in [-0.39, 0.29) is 4.90 Å². The number of pyridine rings is 1. The van der Waals surface area contributed by atoms with Gasteiger partial charge in [-0.3, -0.25) is 0 Å². The van der Waals surface area contributed by atoms with Crippen molar-refractivity contribution < 1.29 is 8.42 Å². The first-order valence-electron chi connectivity index (χ1n) is 7.56. The number of sulfonamides is 1. The highest BCUT2D eigenvalue weighted by molar-refractivity contribution is 9.10. The van der Waals surface area contributed by atoms with Crippen molar-refractivity contribution in [2.24, 2.45) is 4.40 Å². The molecule has 0 radical (unpaired) electrons.